The summed E-state index contributed by atoms with van der Waals surface area (Å²) in [7, 11) is -4.39. The van der Waals surface area contributed by atoms with E-state index in [1.807, 2.05) is 0 Å². The number of rotatable bonds is 64. The molecule has 79 heavy (non-hydrogen) atoms. The van der Waals surface area contributed by atoms with Crippen LogP contribution in [0.2, 0.25) is 0 Å². The Morgan fingerprint density at radius 3 is 1.05 bits per heavy atom. The van der Waals surface area contributed by atoms with E-state index in [0.29, 0.717) is 6.42 Å². The highest BCUT2D eigenvalue weighted by Crippen LogP contribution is 2.43. The van der Waals surface area contributed by atoms with E-state index in [1.165, 1.54) is 218 Å². The Bertz CT molecular complexity index is 1480. The highest BCUT2D eigenvalue weighted by molar-refractivity contribution is 7.47. The monoisotopic (exact) mass is 1130 g/mol. The summed E-state index contributed by atoms with van der Waals surface area (Å²) in [5, 5.41) is 0. The van der Waals surface area contributed by atoms with Crippen molar-refractivity contribution in [3.05, 3.63) is 60.8 Å². The topological polar surface area (TPSA) is 134 Å². The Hall–Kier alpha value is -2.29. The van der Waals surface area contributed by atoms with Gasteiger partial charge in [-0.1, -0.05) is 306 Å². The molecular formula is C69H128NO8P. The van der Waals surface area contributed by atoms with Crippen LogP contribution in [0.25, 0.3) is 0 Å². The molecule has 0 aromatic heterocycles. The van der Waals surface area contributed by atoms with Gasteiger partial charge in [0.15, 0.2) is 6.10 Å². The Balaban J connectivity index is 3.77. The van der Waals surface area contributed by atoms with Gasteiger partial charge < -0.3 is 20.1 Å². The zero-order chi connectivity index (χ0) is 57.3. The van der Waals surface area contributed by atoms with E-state index >= 15 is 0 Å². The lowest BCUT2D eigenvalue weighted by atomic mass is 10.0. The highest BCUT2D eigenvalue weighted by Gasteiger charge is 2.26. The van der Waals surface area contributed by atoms with Gasteiger partial charge in [0.2, 0.25) is 0 Å². The fraction of sp³-hybridized carbons (Fsp3) is 0.826. The third-order valence-electron chi connectivity index (χ3n) is 14.9. The SMILES string of the molecule is CC/C=C\C/C=C\C/C=C\C/C=C\CCCCCCCCC(=O)OC(COC(=O)CCCCCCCCCCCCCCCCCCCCCCCCCCCCC/C=C\CCCCCCCCCC)COP(=O)(O)OCCN. The van der Waals surface area contributed by atoms with Gasteiger partial charge in [-0.25, -0.2) is 4.57 Å². The lowest BCUT2D eigenvalue weighted by molar-refractivity contribution is -0.161. The van der Waals surface area contributed by atoms with Gasteiger partial charge in [0.05, 0.1) is 13.2 Å². The Kier molecular flexibility index (Phi) is 63.0. The second-order valence-corrected chi connectivity index (χ2v) is 24.1. The molecule has 0 aliphatic heterocycles. The standard InChI is InChI=1S/C69H128NO8P/c1-3-5-7-9-11-13-15-17-19-21-23-24-25-26-27-28-29-30-31-32-33-34-35-36-37-38-39-40-41-42-44-45-47-49-51-53-55-57-59-61-68(71)75-65-67(66-77-79(73,74)76-64-63-70)78-69(72)62-60-58-56-54-52-50-48-46-43-22-20-18-16-14-12-10-8-6-4-2/h6,8,12,14,18,20-21,23,43,46,67H,3-5,7,9-11,13,15-17,19,22,24-42,44-45,47-66,70H2,1-2H3,(H,73,74)/b8-6-,14-12-,20-18-,23-21-,46-43-. The number of unbranched alkanes of at least 4 members (excludes halogenated alkanes) is 41. The van der Waals surface area contributed by atoms with Crippen LogP contribution in [0, 0.1) is 0 Å². The van der Waals surface area contributed by atoms with E-state index < -0.39 is 26.5 Å². The highest BCUT2D eigenvalue weighted by atomic mass is 31.2. The van der Waals surface area contributed by atoms with E-state index in [0.717, 1.165) is 83.5 Å². The maximum atomic E-state index is 12.7. The summed E-state index contributed by atoms with van der Waals surface area (Å²) in [6.07, 6.45) is 83.3. The van der Waals surface area contributed by atoms with Crippen LogP contribution in [-0.2, 0) is 32.7 Å². The molecule has 3 N–H and O–H groups in total. The number of allylic oxidation sites excluding steroid dienone is 10. The molecular weight excluding hydrogens is 1000 g/mol. The molecule has 462 valence electrons. The number of phosphoric ester groups is 1. The molecule has 0 aliphatic rings. The first-order valence-corrected chi connectivity index (χ1v) is 35.3. The quantitative estimate of drug-likeness (QED) is 0.0264. The summed E-state index contributed by atoms with van der Waals surface area (Å²) < 4.78 is 33.1. The largest absolute Gasteiger partial charge is 0.472 e. The third kappa shape index (κ3) is 64.7. The third-order valence-corrected chi connectivity index (χ3v) is 15.9. The van der Waals surface area contributed by atoms with Crippen molar-refractivity contribution < 1.29 is 37.6 Å². The second kappa shape index (κ2) is 64.9. The van der Waals surface area contributed by atoms with Crippen molar-refractivity contribution in [1.82, 2.24) is 0 Å². The Labute approximate surface area is 489 Å². The van der Waals surface area contributed by atoms with Crippen molar-refractivity contribution in [2.24, 2.45) is 5.73 Å². The van der Waals surface area contributed by atoms with Gasteiger partial charge in [0.25, 0.3) is 0 Å². The van der Waals surface area contributed by atoms with Crippen LogP contribution in [-0.4, -0.2) is 49.3 Å². The summed E-state index contributed by atoms with van der Waals surface area (Å²) in [4.78, 5) is 35.2. The van der Waals surface area contributed by atoms with Crippen molar-refractivity contribution >= 4 is 19.8 Å². The number of ether oxygens (including phenoxy) is 2. The zero-order valence-corrected chi connectivity index (χ0v) is 52.8. The first-order valence-electron chi connectivity index (χ1n) is 33.8. The number of hydrogen-bond acceptors (Lipinski definition) is 8. The molecule has 2 unspecified atom stereocenters. The van der Waals surface area contributed by atoms with Crippen LogP contribution in [0.1, 0.15) is 335 Å². The second-order valence-electron chi connectivity index (χ2n) is 22.7. The first-order chi connectivity index (χ1) is 38.8. The van der Waals surface area contributed by atoms with E-state index in [1.54, 1.807) is 0 Å². The Morgan fingerprint density at radius 2 is 0.696 bits per heavy atom. The minimum Gasteiger partial charge on any atom is -0.462 e. The number of nitrogens with two attached hydrogens (primary N) is 1. The average Bonchev–Trinajstić information content (AvgIpc) is 3.44. The predicted molar refractivity (Wildman–Crippen MR) is 340 cm³/mol. The summed E-state index contributed by atoms with van der Waals surface area (Å²) in [6, 6.07) is 0. The molecule has 0 fully saturated rings. The van der Waals surface area contributed by atoms with Crippen LogP contribution in [0.3, 0.4) is 0 Å². The lowest BCUT2D eigenvalue weighted by Crippen LogP contribution is -2.29. The summed E-state index contributed by atoms with van der Waals surface area (Å²) in [6.45, 7) is 3.65. The molecule has 10 heteroatoms. The van der Waals surface area contributed by atoms with Gasteiger partial charge in [-0.05, 0) is 77.0 Å². The van der Waals surface area contributed by atoms with Gasteiger partial charge in [-0.15, -0.1) is 0 Å². The van der Waals surface area contributed by atoms with Gasteiger partial charge in [-0.3, -0.25) is 18.6 Å². The molecule has 0 spiro atoms. The first kappa shape index (κ1) is 76.7. The number of esters is 2. The van der Waals surface area contributed by atoms with Crippen molar-refractivity contribution in [2.45, 2.75) is 341 Å². The van der Waals surface area contributed by atoms with Gasteiger partial charge >= 0.3 is 19.8 Å². The van der Waals surface area contributed by atoms with E-state index in [2.05, 4.69) is 74.6 Å². The molecule has 0 heterocycles. The molecule has 0 aromatic carbocycles. The fourth-order valence-corrected chi connectivity index (χ4v) is 10.7. The van der Waals surface area contributed by atoms with Crippen LogP contribution in [0.5, 0.6) is 0 Å². The molecule has 0 bridgehead atoms. The molecule has 9 nitrogen and oxygen atoms in total. The molecule has 0 rings (SSSR count). The van der Waals surface area contributed by atoms with Crippen molar-refractivity contribution in [3.63, 3.8) is 0 Å². The molecule has 0 saturated heterocycles. The molecule has 0 radical (unpaired) electrons. The summed E-state index contributed by atoms with van der Waals surface area (Å²) in [5.41, 5.74) is 5.39. The van der Waals surface area contributed by atoms with E-state index in [9.17, 15) is 19.0 Å². The normalized spacial score (nSPS) is 13.3. The van der Waals surface area contributed by atoms with Crippen LogP contribution in [0.4, 0.5) is 0 Å². The minimum atomic E-state index is -4.39. The average molecular weight is 1130 g/mol. The Morgan fingerprint density at radius 1 is 0.392 bits per heavy atom. The maximum Gasteiger partial charge on any atom is 0.472 e. The molecule has 0 aliphatic carbocycles. The van der Waals surface area contributed by atoms with E-state index in [4.69, 9.17) is 24.3 Å². The summed E-state index contributed by atoms with van der Waals surface area (Å²) >= 11 is 0. The van der Waals surface area contributed by atoms with Crippen molar-refractivity contribution in [1.29, 1.82) is 0 Å². The minimum absolute atomic E-state index is 0.0500. The van der Waals surface area contributed by atoms with Crippen molar-refractivity contribution in [2.75, 3.05) is 26.4 Å². The lowest BCUT2D eigenvalue weighted by Gasteiger charge is -2.19. The van der Waals surface area contributed by atoms with Gasteiger partial charge in [0.1, 0.15) is 6.61 Å². The van der Waals surface area contributed by atoms with Gasteiger partial charge in [0, 0.05) is 19.4 Å². The predicted octanol–water partition coefficient (Wildman–Crippen LogP) is 21.9. The zero-order valence-electron chi connectivity index (χ0n) is 51.9. The number of carbonyl (C=O) groups excluding carboxylic acids is 2. The molecule has 0 saturated carbocycles. The van der Waals surface area contributed by atoms with Crippen LogP contribution in [0.15, 0.2) is 60.8 Å². The van der Waals surface area contributed by atoms with Crippen LogP contribution >= 0.6 is 7.82 Å². The smallest absolute Gasteiger partial charge is 0.462 e. The molecule has 2 atom stereocenters. The maximum absolute atomic E-state index is 12.7. The van der Waals surface area contributed by atoms with Crippen molar-refractivity contribution in [3.8, 4) is 0 Å². The van der Waals surface area contributed by atoms with E-state index in [-0.39, 0.29) is 38.6 Å². The summed E-state index contributed by atoms with van der Waals surface area (Å²) in [5.74, 6) is -0.832. The van der Waals surface area contributed by atoms with Gasteiger partial charge in [-0.2, -0.15) is 0 Å². The number of hydrogen-bond donors (Lipinski definition) is 2. The molecule has 0 aromatic rings. The number of phosphoric acid groups is 1. The molecule has 0 amide bonds. The fourth-order valence-electron chi connectivity index (χ4n) is 9.92. The van der Waals surface area contributed by atoms with Crippen LogP contribution < -0.4 is 5.73 Å². The number of carbonyl (C=O) groups is 2.